The fourth-order valence-corrected chi connectivity index (χ4v) is 6.35. The van der Waals surface area contributed by atoms with Gasteiger partial charge in [-0.3, -0.25) is 4.79 Å². The summed E-state index contributed by atoms with van der Waals surface area (Å²) in [6.07, 6.45) is 0.639. The summed E-state index contributed by atoms with van der Waals surface area (Å²) < 4.78 is 39.6. The van der Waals surface area contributed by atoms with E-state index in [1.807, 2.05) is 24.3 Å². The van der Waals surface area contributed by atoms with Gasteiger partial charge in [-0.15, -0.1) is 0 Å². The van der Waals surface area contributed by atoms with Crippen molar-refractivity contribution in [3.05, 3.63) is 81.3 Å². The van der Waals surface area contributed by atoms with Gasteiger partial charge in [-0.2, -0.15) is 4.37 Å². The molecule has 42 heavy (non-hydrogen) atoms. The molecule has 2 N–H and O–H groups in total. The third-order valence-electron chi connectivity index (χ3n) is 6.21. The second kappa shape index (κ2) is 13.3. The summed E-state index contributed by atoms with van der Waals surface area (Å²) in [7, 11) is -1.87. The van der Waals surface area contributed by atoms with E-state index in [0.717, 1.165) is 29.1 Å². The number of ether oxygens (including phenoxy) is 2. The molecular weight excluding hydrogens is 621 g/mol. The number of esters is 1. The second-order valence-corrected chi connectivity index (χ2v) is 13.4. The molecule has 4 rings (SSSR count). The van der Waals surface area contributed by atoms with E-state index >= 15 is 0 Å². The van der Waals surface area contributed by atoms with Gasteiger partial charge in [0.2, 0.25) is 0 Å². The van der Waals surface area contributed by atoms with Crippen LogP contribution in [0.4, 0.5) is 5.82 Å². The van der Waals surface area contributed by atoms with Crippen LogP contribution in [-0.4, -0.2) is 50.2 Å². The minimum Gasteiger partial charge on any atom is -0.497 e. The second-order valence-electron chi connectivity index (χ2n) is 9.79. The van der Waals surface area contributed by atoms with Crippen molar-refractivity contribution in [3.8, 4) is 5.75 Å². The van der Waals surface area contributed by atoms with Crippen molar-refractivity contribution in [3.63, 3.8) is 0 Å². The summed E-state index contributed by atoms with van der Waals surface area (Å²) in [6, 6.07) is 14.2. The molecule has 0 aliphatic carbocycles. The summed E-state index contributed by atoms with van der Waals surface area (Å²) in [5, 5.41) is 6.77. The van der Waals surface area contributed by atoms with E-state index in [1.165, 1.54) is 12.1 Å². The number of hydrogen-bond donors (Lipinski definition) is 2. The van der Waals surface area contributed by atoms with E-state index in [9.17, 15) is 18.0 Å². The van der Waals surface area contributed by atoms with E-state index in [4.69, 9.17) is 32.7 Å². The maximum Gasteiger partial charge on any atom is 0.329 e. The fraction of sp³-hybridized carbons (Fsp3) is 0.276. The molecule has 4 aromatic rings. The van der Waals surface area contributed by atoms with Gasteiger partial charge in [-0.1, -0.05) is 47.5 Å². The highest BCUT2D eigenvalue weighted by molar-refractivity contribution is 7.90. The predicted octanol–water partition coefficient (Wildman–Crippen LogP) is 5.92. The Labute approximate surface area is 258 Å². The van der Waals surface area contributed by atoms with Crippen molar-refractivity contribution in [2.24, 2.45) is 0 Å². The first-order valence-electron chi connectivity index (χ1n) is 12.8. The number of hydrogen-bond acceptors (Lipinski definition) is 9. The lowest BCUT2D eigenvalue weighted by Gasteiger charge is -2.20. The highest BCUT2D eigenvalue weighted by Gasteiger charge is 2.28. The first-order valence-corrected chi connectivity index (χ1v) is 16.2. The Morgan fingerprint density at radius 3 is 2.40 bits per heavy atom. The number of aromatic nitrogens is 1. The van der Waals surface area contributed by atoms with Crippen molar-refractivity contribution in [2.45, 2.75) is 43.9 Å². The molecule has 9 nitrogen and oxygen atoms in total. The Bertz CT molecular complexity index is 1720. The lowest BCUT2D eigenvalue weighted by molar-refractivity contribution is -0.149. The fourth-order valence-electron chi connectivity index (χ4n) is 4.15. The number of carbonyl (C=O) groups excluding carboxylic acids is 2. The quantitative estimate of drug-likeness (QED) is 0.192. The Morgan fingerprint density at radius 2 is 1.76 bits per heavy atom. The Hall–Kier alpha value is -3.38. The molecule has 1 heterocycles. The summed E-state index contributed by atoms with van der Waals surface area (Å²) in [6.45, 7) is 3.86. The molecule has 0 fully saturated rings. The summed E-state index contributed by atoms with van der Waals surface area (Å²) >= 11 is 14.4. The molecule has 1 unspecified atom stereocenters. The topological polar surface area (TPSA) is 124 Å². The van der Waals surface area contributed by atoms with Crippen LogP contribution in [0, 0.1) is 0 Å². The van der Waals surface area contributed by atoms with Gasteiger partial charge in [-0.25, -0.2) is 13.2 Å². The minimum absolute atomic E-state index is 0.0107. The minimum atomic E-state index is -3.47. The summed E-state index contributed by atoms with van der Waals surface area (Å²) in [4.78, 5) is 26.6. The zero-order valence-electron chi connectivity index (χ0n) is 23.2. The van der Waals surface area contributed by atoms with Gasteiger partial charge >= 0.3 is 5.97 Å². The van der Waals surface area contributed by atoms with Crippen LogP contribution in [0.1, 0.15) is 35.3 Å². The molecule has 13 heteroatoms. The number of anilines is 1. The normalized spacial score (nSPS) is 12.3. The number of nitrogens with one attached hydrogen (secondary N) is 2. The molecule has 0 radical (unpaired) electrons. The van der Waals surface area contributed by atoms with Crippen LogP contribution in [0.15, 0.2) is 59.5 Å². The molecule has 0 bridgehead atoms. The molecule has 222 valence electrons. The predicted molar refractivity (Wildman–Crippen MR) is 166 cm³/mol. The molecule has 1 aromatic heterocycles. The highest BCUT2D eigenvalue weighted by Crippen LogP contribution is 2.39. The number of halogens is 2. The van der Waals surface area contributed by atoms with Crippen molar-refractivity contribution < 1.29 is 27.5 Å². The largest absolute Gasteiger partial charge is 0.497 e. The lowest BCUT2D eigenvalue weighted by atomic mass is 10.0. The summed E-state index contributed by atoms with van der Waals surface area (Å²) in [5.74, 6) is -0.0488. The van der Waals surface area contributed by atoms with Gasteiger partial charge in [0.25, 0.3) is 5.91 Å². The standard InChI is InChI=1S/C29H29Cl2N3O6S2/c1-16(2)40-29(36)23(13-18-6-5-7-20(12-18)42(4,37)38)33-28(35)24-22(30)14-21-26(25(24)31)41-34-27(21)32-15-17-8-10-19(39-3)11-9-17/h5-12,14,16,23H,13,15H2,1-4H3,(H,32,34)(H,33,35). The maximum atomic E-state index is 13.5. The van der Waals surface area contributed by atoms with Crippen LogP contribution in [0.2, 0.25) is 10.0 Å². The molecule has 0 aliphatic heterocycles. The Kier molecular flexibility index (Phi) is 9.98. The van der Waals surface area contributed by atoms with Crippen LogP contribution < -0.4 is 15.4 Å². The number of sulfone groups is 1. The van der Waals surface area contributed by atoms with Gasteiger partial charge in [0, 0.05) is 24.6 Å². The zero-order valence-corrected chi connectivity index (χ0v) is 26.4. The number of methoxy groups -OCH3 is 1. The van der Waals surface area contributed by atoms with Crippen LogP contribution in [0.3, 0.4) is 0 Å². The molecule has 0 aliphatic rings. The number of carbonyl (C=O) groups is 2. The molecule has 1 amide bonds. The molecule has 1 atom stereocenters. The average molecular weight is 651 g/mol. The van der Waals surface area contributed by atoms with Crippen molar-refractivity contribution >= 4 is 72.4 Å². The van der Waals surface area contributed by atoms with E-state index < -0.39 is 33.9 Å². The number of fused-ring (bicyclic) bond motifs is 1. The van der Waals surface area contributed by atoms with Gasteiger partial charge in [0.15, 0.2) is 9.84 Å². The number of nitrogens with zero attached hydrogens (tertiary/aromatic N) is 1. The first-order chi connectivity index (χ1) is 19.9. The third kappa shape index (κ3) is 7.52. The van der Waals surface area contributed by atoms with Gasteiger partial charge in [0.1, 0.15) is 17.6 Å². The van der Waals surface area contributed by atoms with E-state index in [-0.39, 0.29) is 26.9 Å². The molecule has 0 saturated heterocycles. The summed E-state index contributed by atoms with van der Waals surface area (Å²) in [5.41, 5.74) is 1.52. The first kappa shape index (κ1) is 31.6. The number of rotatable bonds is 11. The number of benzene rings is 3. The number of amides is 1. The van der Waals surface area contributed by atoms with Gasteiger partial charge in [-0.05, 0) is 66.8 Å². The van der Waals surface area contributed by atoms with Crippen molar-refractivity contribution in [1.82, 2.24) is 9.69 Å². The lowest BCUT2D eigenvalue weighted by Crippen LogP contribution is -2.44. The van der Waals surface area contributed by atoms with Crippen LogP contribution >= 0.6 is 34.7 Å². The average Bonchev–Trinajstić information content (AvgIpc) is 3.34. The van der Waals surface area contributed by atoms with Gasteiger partial charge < -0.3 is 20.1 Å². The Balaban J connectivity index is 1.58. The monoisotopic (exact) mass is 649 g/mol. The van der Waals surface area contributed by atoms with Gasteiger partial charge in [0.05, 0.1) is 38.4 Å². The molecular formula is C29H29Cl2N3O6S2. The molecule has 3 aromatic carbocycles. The smallest absolute Gasteiger partial charge is 0.329 e. The van der Waals surface area contributed by atoms with Crippen molar-refractivity contribution in [1.29, 1.82) is 0 Å². The van der Waals surface area contributed by atoms with Crippen LogP contribution in [-0.2, 0) is 32.3 Å². The van der Waals surface area contributed by atoms with Crippen LogP contribution in [0.5, 0.6) is 5.75 Å². The SMILES string of the molecule is COc1ccc(CNc2nsc3c(Cl)c(C(=O)NC(Cc4cccc(S(C)(=O)=O)c4)C(=O)OC(C)C)c(Cl)cc23)cc1. The van der Waals surface area contributed by atoms with Crippen LogP contribution in [0.25, 0.3) is 10.1 Å². The van der Waals surface area contributed by atoms with E-state index in [0.29, 0.717) is 28.0 Å². The molecule has 0 spiro atoms. The van der Waals surface area contributed by atoms with Crippen molar-refractivity contribution in [2.75, 3.05) is 18.7 Å². The van der Waals surface area contributed by atoms with E-state index in [2.05, 4.69) is 15.0 Å². The van der Waals surface area contributed by atoms with E-state index in [1.54, 1.807) is 39.2 Å². The molecule has 0 saturated carbocycles. The zero-order chi connectivity index (χ0) is 30.6. The maximum absolute atomic E-state index is 13.5. The highest BCUT2D eigenvalue weighted by atomic mass is 35.5. The Morgan fingerprint density at radius 1 is 1.05 bits per heavy atom. The third-order valence-corrected chi connectivity index (χ3v) is 8.99.